The Balaban J connectivity index is 1.45. The topological polar surface area (TPSA) is 101 Å². The van der Waals surface area contributed by atoms with E-state index in [1.54, 1.807) is 18.5 Å². The Labute approximate surface area is 169 Å². The summed E-state index contributed by atoms with van der Waals surface area (Å²) >= 11 is 0. The molecule has 0 aliphatic carbocycles. The number of rotatable bonds is 3. The number of halogens is 1. The highest BCUT2D eigenvalue weighted by Gasteiger charge is 2.36. The van der Waals surface area contributed by atoms with Gasteiger partial charge in [0.05, 0.1) is 28.8 Å². The van der Waals surface area contributed by atoms with E-state index in [4.69, 9.17) is 9.52 Å². The van der Waals surface area contributed by atoms with Crippen molar-refractivity contribution < 1.29 is 8.81 Å². The molecule has 0 radical (unpaired) electrons. The van der Waals surface area contributed by atoms with Crippen molar-refractivity contribution in [3.05, 3.63) is 78.1 Å². The Hall–Kier alpha value is -4.08. The van der Waals surface area contributed by atoms with E-state index in [9.17, 15) is 4.39 Å². The van der Waals surface area contributed by atoms with Crippen LogP contribution in [0.1, 0.15) is 23.1 Å². The molecular weight excluding hydrogens is 387 g/mol. The second-order valence-electron chi connectivity index (χ2n) is 6.98. The van der Waals surface area contributed by atoms with Gasteiger partial charge in [-0.2, -0.15) is 9.49 Å². The van der Waals surface area contributed by atoms with E-state index in [2.05, 4.69) is 25.1 Å². The zero-order valence-corrected chi connectivity index (χ0v) is 15.6. The van der Waals surface area contributed by atoms with Gasteiger partial charge in [-0.1, -0.05) is 11.2 Å². The van der Waals surface area contributed by atoms with Gasteiger partial charge in [-0.15, -0.1) is 5.10 Å². The van der Waals surface area contributed by atoms with E-state index in [-0.39, 0.29) is 23.5 Å². The summed E-state index contributed by atoms with van der Waals surface area (Å²) in [4.78, 5) is 13.3. The summed E-state index contributed by atoms with van der Waals surface area (Å²) in [5, 5.41) is 13.0. The smallest absolute Gasteiger partial charge is 0.319 e. The molecule has 1 aliphatic heterocycles. The zero-order valence-electron chi connectivity index (χ0n) is 15.6. The average Bonchev–Trinajstić information content (AvgIpc) is 3.51. The number of fused-ring (bicyclic) bond motifs is 2. The standard InChI is InChI=1S/C20H15FN8O/c21-18-13(5-3-7-22-18)19-25-26-20(30-19)28-9-6-14-16(24-11-23-14)17(28)15-10-12-4-1-2-8-29(12)27-15/h1-5,7-8,10-11,17H,6,9H2,(H,23,24). The molecule has 6 heterocycles. The van der Waals surface area contributed by atoms with Crippen LogP contribution in [0.4, 0.5) is 10.4 Å². The number of aromatic nitrogens is 7. The van der Waals surface area contributed by atoms with Gasteiger partial charge >= 0.3 is 6.01 Å². The van der Waals surface area contributed by atoms with Crippen LogP contribution in [0.3, 0.4) is 0 Å². The van der Waals surface area contributed by atoms with Crippen molar-refractivity contribution in [1.29, 1.82) is 0 Å². The molecule has 0 saturated carbocycles. The average molecular weight is 402 g/mol. The van der Waals surface area contributed by atoms with Gasteiger partial charge in [0, 0.05) is 31.1 Å². The summed E-state index contributed by atoms with van der Waals surface area (Å²) in [6, 6.07) is 11.0. The zero-order chi connectivity index (χ0) is 20.1. The monoisotopic (exact) mass is 402 g/mol. The quantitative estimate of drug-likeness (QED) is 0.463. The van der Waals surface area contributed by atoms with Crippen molar-refractivity contribution in [3.8, 4) is 11.5 Å². The van der Waals surface area contributed by atoms with Crippen LogP contribution in [0.2, 0.25) is 0 Å². The largest absolute Gasteiger partial charge is 0.403 e. The fourth-order valence-electron chi connectivity index (χ4n) is 3.86. The summed E-state index contributed by atoms with van der Waals surface area (Å²) in [7, 11) is 0. The van der Waals surface area contributed by atoms with Gasteiger partial charge in [0.2, 0.25) is 5.95 Å². The lowest BCUT2D eigenvalue weighted by Gasteiger charge is -2.32. The van der Waals surface area contributed by atoms with E-state index in [1.165, 1.54) is 6.20 Å². The fourth-order valence-corrected chi connectivity index (χ4v) is 3.86. The maximum Gasteiger partial charge on any atom is 0.319 e. The molecule has 5 aromatic rings. The molecule has 0 spiro atoms. The van der Waals surface area contributed by atoms with E-state index in [0.717, 1.165) is 29.0 Å². The van der Waals surface area contributed by atoms with Gasteiger partial charge in [-0.05, 0) is 30.3 Å². The lowest BCUT2D eigenvalue weighted by Crippen LogP contribution is -2.36. The minimum absolute atomic E-state index is 0.0807. The second-order valence-corrected chi connectivity index (χ2v) is 6.98. The Morgan fingerprint density at radius 2 is 2.10 bits per heavy atom. The molecule has 0 amide bonds. The van der Waals surface area contributed by atoms with Crippen LogP contribution in [-0.4, -0.2) is 41.3 Å². The summed E-state index contributed by atoms with van der Waals surface area (Å²) in [6.45, 7) is 0.616. The van der Waals surface area contributed by atoms with E-state index >= 15 is 0 Å². The fraction of sp³-hybridized carbons (Fsp3) is 0.150. The first-order valence-corrected chi connectivity index (χ1v) is 9.45. The second kappa shape index (κ2) is 6.48. The van der Waals surface area contributed by atoms with Crippen LogP contribution >= 0.6 is 0 Å². The van der Waals surface area contributed by atoms with Crippen LogP contribution in [0.5, 0.6) is 0 Å². The highest BCUT2D eigenvalue weighted by molar-refractivity contribution is 5.55. The maximum atomic E-state index is 14.1. The first kappa shape index (κ1) is 16.8. The van der Waals surface area contributed by atoms with Crippen LogP contribution in [0.15, 0.2) is 59.5 Å². The van der Waals surface area contributed by atoms with Crippen molar-refractivity contribution in [1.82, 2.24) is 34.8 Å². The van der Waals surface area contributed by atoms with Gasteiger partial charge in [-0.3, -0.25) is 0 Å². The third kappa shape index (κ3) is 2.57. The Bertz CT molecular complexity index is 1320. The molecule has 0 saturated heterocycles. The van der Waals surface area contributed by atoms with Crippen molar-refractivity contribution >= 4 is 11.5 Å². The normalized spacial score (nSPS) is 16.2. The maximum absolute atomic E-state index is 14.1. The summed E-state index contributed by atoms with van der Waals surface area (Å²) in [5.74, 6) is -0.574. The highest BCUT2D eigenvalue weighted by atomic mass is 19.1. The molecule has 1 unspecified atom stereocenters. The van der Waals surface area contributed by atoms with Crippen LogP contribution in [0.25, 0.3) is 17.0 Å². The number of hydrogen-bond acceptors (Lipinski definition) is 7. The number of anilines is 1. The number of H-pyrrole nitrogens is 1. The molecule has 1 N–H and O–H groups in total. The van der Waals surface area contributed by atoms with E-state index in [0.29, 0.717) is 6.54 Å². The molecule has 5 aromatic heterocycles. The van der Waals surface area contributed by atoms with E-state index in [1.807, 2.05) is 39.9 Å². The molecule has 1 atom stereocenters. The minimum Gasteiger partial charge on any atom is -0.403 e. The molecule has 0 bridgehead atoms. The molecule has 6 rings (SSSR count). The SMILES string of the molecule is Fc1ncccc1-c1nnc(N2CCc3[nH]cnc3C2c2cc3ccccn3n2)o1. The van der Waals surface area contributed by atoms with E-state index < -0.39 is 5.95 Å². The lowest BCUT2D eigenvalue weighted by atomic mass is 10.0. The van der Waals surface area contributed by atoms with Gasteiger partial charge in [0.1, 0.15) is 6.04 Å². The van der Waals surface area contributed by atoms with Gasteiger partial charge < -0.3 is 14.3 Å². The lowest BCUT2D eigenvalue weighted by molar-refractivity contribution is 0.499. The Morgan fingerprint density at radius 3 is 3.00 bits per heavy atom. The number of hydrogen-bond donors (Lipinski definition) is 1. The Morgan fingerprint density at radius 1 is 1.13 bits per heavy atom. The third-order valence-electron chi connectivity index (χ3n) is 5.24. The predicted octanol–water partition coefficient (Wildman–Crippen LogP) is 2.79. The molecule has 0 aromatic carbocycles. The number of aromatic amines is 1. The first-order chi connectivity index (χ1) is 14.8. The highest BCUT2D eigenvalue weighted by Crippen LogP contribution is 2.37. The van der Waals surface area contributed by atoms with Crippen molar-refractivity contribution in [2.75, 3.05) is 11.4 Å². The Kier molecular flexibility index (Phi) is 3.63. The summed E-state index contributed by atoms with van der Waals surface area (Å²) in [6.07, 6.45) is 5.69. The number of pyridine rings is 2. The molecule has 30 heavy (non-hydrogen) atoms. The minimum atomic E-state index is -0.655. The van der Waals surface area contributed by atoms with Crippen LogP contribution in [0, 0.1) is 5.95 Å². The van der Waals surface area contributed by atoms with Crippen molar-refractivity contribution in [3.63, 3.8) is 0 Å². The van der Waals surface area contributed by atoms with Gasteiger partial charge in [-0.25, -0.2) is 14.5 Å². The molecule has 10 heteroatoms. The molecule has 0 fully saturated rings. The number of nitrogens with one attached hydrogen (secondary N) is 1. The van der Waals surface area contributed by atoms with Crippen LogP contribution in [-0.2, 0) is 6.42 Å². The molecule has 1 aliphatic rings. The molecular formula is C20H15FN8O. The first-order valence-electron chi connectivity index (χ1n) is 9.45. The van der Waals surface area contributed by atoms with Gasteiger partial charge in [0.25, 0.3) is 5.89 Å². The number of imidazole rings is 1. The molecule has 9 nitrogen and oxygen atoms in total. The predicted molar refractivity (Wildman–Crippen MR) is 104 cm³/mol. The van der Waals surface area contributed by atoms with Crippen molar-refractivity contribution in [2.45, 2.75) is 12.5 Å². The number of nitrogens with zero attached hydrogens (tertiary/aromatic N) is 7. The van der Waals surface area contributed by atoms with Crippen LogP contribution < -0.4 is 4.90 Å². The van der Waals surface area contributed by atoms with Gasteiger partial charge in [0.15, 0.2) is 0 Å². The van der Waals surface area contributed by atoms with Crippen molar-refractivity contribution in [2.24, 2.45) is 0 Å². The summed E-state index contributed by atoms with van der Waals surface area (Å²) in [5.41, 5.74) is 3.85. The summed E-state index contributed by atoms with van der Waals surface area (Å²) < 4.78 is 21.7. The third-order valence-corrected chi connectivity index (χ3v) is 5.24. The molecule has 148 valence electrons.